The summed E-state index contributed by atoms with van der Waals surface area (Å²) in [7, 11) is 0. The summed E-state index contributed by atoms with van der Waals surface area (Å²) in [5.41, 5.74) is 8.11. The molecular formula is C8H14N2S. The molecule has 2 nitrogen and oxygen atoms in total. The van der Waals surface area contributed by atoms with Crippen molar-refractivity contribution in [3.05, 3.63) is 23.4 Å². The molecule has 1 aliphatic rings. The van der Waals surface area contributed by atoms with Crippen LogP contribution in [0.5, 0.6) is 0 Å². The van der Waals surface area contributed by atoms with Gasteiger partial charge in [0.2, 0.25) is 0 Å². The average Bonchev–Trinajstić information content (AvgIpc) is 2.33. The van der Waals surface area contributed by atoms with Gasteiger partial charge in [0.05, 0.1) is 0 Å². The second kappa shape index (κ2) is 3.83. The van der Waals surface area contributed by atoms with Crippen LogP contribution >= 0.6 is 11.9 Å². The number of rotatable bonds is 2. The van der Waals surface area contributed by atoms with Crippen LogP contribution in [-0.4, -0.2) is 23.7 Å². The molecule has 0 unspecified atom stereocenters. The zero-order valence-corrected chi connectivity index (χ0v) is 7.82. The summed E-state index contributed by atoms with van der Waals surface area (Å²) in [5.74, 6) is 0. The maximum Gasteiger partial charge on any atom is 0.0344 e. The van der Waals surface area contributed by atoms with E-state index in [9.17, 15) is 0 Å². The van der Waals surface area contributed by atoms with Gasteiger partial charge in [0.25, 0.3) is 0 Å². The summed E-state index contributed by atoms with van der Waals surface area (Å²) >= 11 is 1.78. The second-order valence-electron chi connectivity index (χ2n) is 2.65. The van der Waals surface area contributed by atoms with Gasteiger partial charge in [-0.1, -0.05) is 17.5 Å². The molecule has 0 bridgehead atoms. The Balaban J connectivity index is 2.59. The minimum absolute atomic E-state index is 1.03. The van der Waals surface area contributed by atoms with E-state index in [1.54, 1.807) is 18.1 Å². The van der Waals surface area contributed by atoms with Crippen molar-refractivity contribution in [2.45, 2.75) is 6.92 Å². The monoisotopic (exact) mass is 170 g/mol. The molecule has 0 aliphatic carbocycles. The first-order valence-corrected chi connectivity index (χ1v) is 4.82. The molecule has 1 rings (SSSR count). The Kier molecular flexibility index (Phi) is 3.02. The summed E-state index contributed by atoms with van der Waals surface area (Å²) in [6, 6.07) is 0. The lowest BCUT2D eigenvalue weighted by Crippen LogP contribution is -2.10. The van der Waals surface area contributed by atoms with Crippen molar-refractivity contribution in [1.29, 1.82) is 0 Å². The van der Waals surface area contributed by atoms with Gasteiger partial charge in [-0.3, -0.25) is 0 Å². The van der Waals surface area contributed by atoms with Gasteiger partial charge in [0, 0.05) is 13.1 Å². The highest BCUT2D eigenvalue weighted by Gasteiger charge is 2.15. The smallest absolute Gasteiger partial charge is 0.0344 e. The van der Waals surface area contributed by atoms with Crippen LogP contribution in [0.25, 0.3) is 0 Å². The van der Waals surface area contributed by atoms with E-state index in [1.165, 1.54) is 11.1 Å². The molecule has 62 valence electrons. The van der Waals surface area contributed by atoms with E-state index in [4.69, 9.17) is 5.73 Å². The van der Waals surface area contributed by atoms with Crippen molar-refractivity contribution in [1.82, 2.24) is 4.31 Å². The molecule has 0 saturated carbocycles. The normalized spacial score (nSPS) is 20.5. The third-order valence-corrected chi connectivity index (χ3v) is 2.64. The fraction of sp³-hybridized carbons (Fsp3) is 0.500. The fourth-order valence-corrected chi connectivity index (χ4v) is 1.78. The van der Waals surface area contributed by atoms with Crippen molar-refractivity contribution < 1.29 is 0 Å². The first kappa shape index (κ1) is 8.68. The molecule has 0 aromatic carbocycles. The highest BCUT2D eigenvalue weighted by Crippen LogP contribution is 2.22. The first-order chi connectivity index (χ1) is 5.27. The molecular weight excluding hydrogens is 156 g/mol. The molecule has 0 saturated heterocycles. The predicted molar refractivity (Wildman–Crippen MR) is 51.1 cm³/mol. The van der Waals surface area contributed by atoms with Gasteiger partial charge in [-0.2, -0.15) is 0 Å². The van der Waals surface area contributed by atoms with Crippen LogP contribution in [0, 0.1) is 0 Å². The maximum atomic E-state index is 5.32. The van der Waals surface area contributed by atoms with E-state index in [0.717, 1.165) is 13.1 Å². The van der Waals surface area contributed by atoms with E-state index in [1.807, 2.05) is 6.08 Å². The van der Waals surface area contributed by atoms with Gasteiger partial charge in [0.15, 0.2) is 0 Å². The molecule has 0 spiro atoms. The molecule has 1 heterocycles. The largest absolute Gasteiger partial charge is 0.405 e. The van der Waals surface area contributed by atoms with E-state index < -0.39 is 0 Å². The van der Waals surface area contributed by atoms with Crippen LogP contribution in [-0.2, 0) is 0 Å². The highest BCUT2D eigenvalue weighted by molar-refractivity contribution is 7.96. The van der Waals surface area contributed by atoms with Gasteiger partial charge in [-0.15, -0.1) is 0 Å². The predicted octanol–water partition coefficient (Wildman–Crippen LogP) is 1.37. The van der Waals surface area contributed by atoms with Crippen LogP contribution in [0.3, 0.4) is 0 Å². The molecule has 1 aliphatic heterocycles. The van der Waals surface area contributed by atoms with Crippen molar-refractivity contribution >= 4 is 11.9 Å². The second-order valence-corrected chi connectivity index (χ2v) is 3.53. The molecule has 0 aromatic rings. The summed E-state index contributed by atoms with van der Waals surface area (Å²) in [4.78, 5) is 0. The molecule has 2 N–H and O–H groups in total. The molecule has 0 fully saturated rings. The fourth-order valence-electron chi connectivity index (χ4n) is 1.19. The molecule has 3 heteroatoms. The molecule has 0 radical (unpaired) electrons. The summed E-state index contributed by atoms with van der Waals surface area (Å²) in [6.07, 6.45) is 5.70. The number of nitrogens with zero attached hydrogens (tertiary/aromatic N) is 1. The summed E-state index contributed by atoms with van der Waals surface area (Å²) in [5, 5.41) is 0. The first-order valence-electron chi connectivity index (χ1n) is 3.64. The lowest BCUT2D eigenvalue weighted by molar-refractivity contribution is 0.599. The van der Waals surface area contributed by atoms with Crippen LogP contribution < -0.4 is 5.73 Å². The summed E-state index contributed by atoms with van der Waals surface area (Å²) in [6.45, 7) is 4.26. The van der Waals surface area contributed by atoms with Crippen LogP contribution in [0.4, 0.5) is 0 Å². The zero-order valence-electron chi connectivity index (χ0n) is 7.00. The number of hydrogen-bond donors (Lipinski definition) is 1. The minimum atomic E-state index is 1.03. The topological polar surface area (TPSA) is 29.3 Å². The van der Waals surface area contributed by atoms with E-state index in [0.29, 0.717) is 0 Å². The van der Waals surface area contributed by atoms with Crippen molar-refractivity contribution in [2.75, 3.05) is 19.3 Å². The van der Waals surface area contributed by atoms with E-state index >= 15 is 0 Å². The quantitative estimate of drug-likeness (QED) is 0.635. The van der Waals surface area contributed by atoms with Crippen LogP contribution in [0.15, 0.2) is 23.4 Å². The third kappa shape index (κ3) is 2.01. The molecule has 0 amide bonds. The van der Waals surface area contributed by atoms with Gasteiger partial charge in [-0.25, -0.2) is 4.31 Å². The standard InChI is InChI=1S/C8H14N2S/c1-7-5-10(11-2)6-8(7)3-4-9/h3-4H,5-6,9H2,1-2H3/b4-3-. The Morgan fingerprint density at radius 2 is 2.27 bits per heavy atom. The van der Waals surface area contributed by atoms with Crippen LogP contribution in [0.1, 0.15) is 6.92 Å². The Bertz CT molecular complexity index is 196. The highest BCUT2D eigenvalue weighted by atomic mass is 32.2. The van der Waals surface area contributed by atoms with Gasteiger partial charge >= 0.3 is 0 Å². The number of nitrogens with two attached hydrogens (primary N) is 1. The summed E-state index contributed by atoms with van der Waals surface area (Å²) < 4.78 is 2.31. The van der Waals surface area contributed by atoms with E-state index in [2.05, 4.69) is 17.5 Å². The zero-order chi connectivity index (χ0) is 8.27. The molecule has 11 heavy (non-hydrogen) atoms. The molecule has 0 atom stereocenters. The van der Waals surface area contributed by atoms with E-state index in [-0.39, 0.29) is 0 Å². The SMILES string of the molecule is CSN1CC(C)=C(/C=C\N)C1. The van der Waals surface area contributed by atoms with Crippen molar-refractivity contribution in [3.8, 4) is 0 Å². The third-order valence-electron chi connectivity index (χ3n) is 1.86. The Morgan fingerprint density at radius 3 is 2.73 bits per heavy atom. The van der Waals surface area contributed by atoms with Gasteiger partial charge in [0.1, 0.15) is 0 Å². The van der Waals surface area contributed by atoms with Crippen molar-refractivity contribution in [3.63, 3.8) is 0 Å². The van der Waals surface area contributed by atoms with Crippen LogP contribution in [0.2, 0.25) is 0 Å². The van der Waals surface area contributed by atoms with Gasteiger partial charge < -0.3 is 5.73 Å². The minimum Gasteiger partial charge on any atom is -0.405 e. The lowest BCUT2D eigenvalue weighted by Gasteiger charge is -2.09. The lowest BCUT2D eigenvalue weighted by atomic mass is 10.2. The molecule has 0 aromatic heterocycles. The average molecular weight is 170 g/mol. The number of hydrogen-bond acceptors (Lipinski definition) is 3. The van der Waals surface area contributed by atoms with Crippen molar-refractivity contribution in [2.24, 2.45) is 5.73 Å². The Hall–Kier alpha value is -0.410. The Morgan fingerprint density at radius 1 is 1.55 bits per heavy atom. The Labute approximate surface area is 72.3 Å². The maximum absolute atomic E-state index is 5.32. The van der Waals surface area contributed by atoms with Gasteiger partial charge in [-0.05, 0) is 31.0 Å².